The van der Waals surface area contributed by atoms with E-state index in [0.29, 0.717) is 0 Å². The number of rotatable bonds is 2. The summed E-state index contributed by atoms with van der Waals surface area (Å²) in [6, 6.07) is 7.47. The molecule has 0 aromatic heterocycles. The van der Waals surface area contributed by atoms with Crippen molar-refractivity contribution in [2.75, 3.05) is 6.54 Å². The molecule has 4 heteroatoms. The number of phenolic OH excluding ortho intramolecular Hbond substituents is 1. The van der Waals surface area contributed by atoms with Crippen molar-refractivity contribution < 1.29 is 9.66 Å². The van der Waals surface area contributed by atoms with E-state index in [9.17, 15) is 9.66 Å². The fourth-order valence-corrected chi connectivity index (χ4v) is 3.78. The summed E-state index contributed by atoms with van der Waals surface area (Å²) in [5.41, 5.74) is 1.14. The highest BCUT2D eigenvalue weighted by Crippen LogP contribution is 2.37. The van der Waals surface area contributed by atoms with E-state index < -0.39 is 11.4 Å². The molecule has 1 aromatic rings. The molecule has 2 atom stereocenters. The van der Waals surface area contributed by atoms with E-state index in [0.717, 1.165) is 24.9 Å². The molecule has 1 aliphatic rings. The molecule has 1 heterocycles. The number of nitrogens with zero attached hydrogens (tertiary/aromatic N) is 1. The lowest BCUT2D eigenvalue weighted by atomic mass is 10.1. The van der Waals surface area contributed by atoms with Gasteiger partial charge in [0.05, 0.1) is 6.04 Å². The van der Waals surface area contributed by atoms with Gasteiger partial charge in [-0.2, -0.15) is 0 Å². The first-order valence-electron chi connectivity index (χ1n) is 6.37. The molecule has 1 unspecified atom stereocenters. The Labute approximate surface area is 112 Å². The van der Waals surface area contributed by atoms with Crippen LogP contribution in [0, 0.1) is 0 Å². The van der Waals surface area contributed by atoms with E-state index >= 15 is 0 Å². The second-order valence-corrected chi connectivity index (χ2v) is 7.94. The van der Waals surface area contributed by atoms with Crippen molar-refractivity contribution in [3.8, 4) is 5.75 Å². The summed E-state index contributed by atoms with van der Waals surface area (Å²) in [6.45, 7) is 6.91. The van der Waals surface area contributed by atoms with Crippen LogP contribution < -0.4 is 0 Å². The molecular formula is C14H21NO2S. The van der Waals surface area contributed by atoms with Crippen LogP contribution in [0.25, 0.3) is 0 Å². The Morgan fingerprint density at radius 1 is 1.28 bits per heavy atom. The first-order chi connectivity index (χ1) is 8.39. The summed E-state index contributed by atoms with van der Waals surface area (Å²) in [5.74, 6) is 0.278. The Kier molecular flexibility index (Phi) is 3.90. The van der Waals surface area contributed by atoms with Gasteiger partial charge in [0.2, 0.25) is 0 Å². The minimum atomic E-state index is -0.978. The summed E-state index contributed by atoms with van der Waals surface area (Å²) in [5, 5.41) is 9.33. The third-order valence-corrected chi connectivity index (χ3v) is 5.13. The van der Waals surface area contributed by atoms with Crippen molar-refractivity contribution in [2.45, 2.75) is 44.4 Å². The minimum absolute atomic E-state index is 0.214. The Hall–Kier alpha value is -0.710. The van der Waals surface area contributed by atoms with Crippen LogP contribution in [0.1, 0.15) is 45.2 Å². The van der Waals surface area contributed by atoms with Crippen LogP contribution in [0.4, 0.5) is 0 Å². The van der Waals surface area contributed by atoms with Gasteiger partial charge in [0.15, 0.2) is 0 Å². The quantitative estimate of drug-likeness (QED) is 0.838. The van der Waals surface area contributed by atoms with Gasteiger partial charge >= 0.3 is 0 Å². The van der Waals surface area contributed by atoms with Gasteiger partial charge < -0.3 is 9.66 Å². The molecule has 1 saturated heterocycles. The summed E-state index contributed by atoms with van der Waals surface area (Å²) in [7, 11) is 0. The topological polar surface area (TPSA) is 46.5 Å². The van der Waals surface area contributed by atoms with Crippen LogP contribution in [-0.2, 0) is 11.4 Å². The van der Waals surface area contributed by atoms with Crippen molar-refractivity contribution in [3.63, 3.8) is 0 Å². The molecular weight excluding hydrogens is 246 g/mol. The first-order valence-corrected chi connectivity index (χ1v) is 7.48. The molecule has 0 bridgehead atoms. The molecule has 3 nitrogen and oxygen atoms in total. The van der Waals surface area contributed by atoms with Crippen LogP contribution in [0.2, 0.25) is 0 Å². The maximum absolute atomic E-state index is 12.5. The maximum Gasteiger partial charge on any atom is 0.137 e. The predicted octanol–water partition coefficient (Wildman–Crippen LogP) is 2.99. The van der Waals surface area contributed by atoms with Crippen molar-refractivity contribution in [3.05, 3.63) is 29.8 Å². The van der Waals surface area contributed by atoms with E-state index in [-0.39, 0.29) is 16.5 Å². The van der Waals surface area contributed by atoms with Gasteiger partial charge in [0, 0.05) is 17.9 Å². The number of aromatic hydroxyl groups is 1. The fraction of sp³-hybridized carbons (Fsp3) is 0.571. The molecule has 0 spiro atoms. The van der Waals surface area contributed by atoms with Crippen molar-refractivity contribution in [2.24, 2.45) is 0 Å². The van der Waals surface area contributed by atoms with Gasteiger partial charge in [-0.15, -0.1) is 4.31 Å². The Balaban J connectivity index is 2.20. The smallest absolute Gasteiger partial charge is 0.137 e. The van der Waals surface area contributed by atoms with Gasteiger partial charge in [-0.25, -0.2) is 0 Å². The summed E-state index contributed by atoms with van der Waals surface area (Å²) in [6.07, 6.45) is 2.11. The fourth-order valence-electron chi connectivity index (χ4n) is 2.32. The van der Waals surface area contributed by atoms with E-state index in [1.807, 2.05) is 32.9 Å². The minimum Gasteiger partial charge on any atom is -0.597 e. The van der Waals surface area contributed by atoms with Gasteiger partial charge in [-0.3, -0.25) is 0 Å². The van der Waals surface area contributed by atoms with Gasteiger partial charge in [-0.1, -0.05) is 12.1 Å². The number of phenols is 1. The normalized spacial score (nSPS) is 23.2. The molecule has 0 amide bonds. The molecule has 1 aliphatic heterocycles. The molecule has 1 fully saturated rings. The first kappa shape index (κ1) is 13.7. The molecule has 18 heavy (non-hydrogen) atoms. The highest BCUT2D eigenvalue weighted by atomic mass is 32.2. The van der Waals surface area contributed by atoms with E-state index in [1.165, 1.54) is 0 Å². The molecule has 0 aliphatic carbocycles. The van der Waals surface area contributed by atoms with Crippen LogP contribution in [0.15, 0.2) is 24.3 Å². The number of benzene rings is 1. The highest BCUT2D eigenvalue weighted by Gasteiger charge is 2.40. The molecule has 0 radical (unpaired) electrons. The van der Waals surface area contributed by atoms with Crippen LogP contribution in [-0.4, -0.2) is 25.3 Å². The zero-order valence-corrected chi connectivity index (χ0v) is 12.0. The Morgan fingerprint density at radius 2 is 1.89 bits per heavy atom. The van der Waals surface area contributed by atoms with Crippen LogP contribution in [0.5, 0.6) is 5.75 Å². The lowest BCUT2D eigenvalue weighted by molar-refractivity contribution is 0.380. The summed E-state index contributed by atoms with van der Waals surface area (Å²) in [4.78, 5) is 0. The predicted molar refractivity (Wildman–Crippen MR) is 74.7 cm³/mol. The summed E-state index contributed by atoms with van der Waals surface area (Å²) < 4.78 is 14.4. The third kappa shape index (κ3) is 2.82. The van der Waals surface area contributed by atoms with Crippen molar-refractivity contribution in [1.29, 1.82) is 0 Å². The average molecular weight is 267 g/mol. The molecule has 2 rings (SSSR count). The van der Waals surface area contributed by atoms with Crippen molar-refractivity contribution in [1.82, 2.24) is 4.31 Å². The lowest BCUT2D eigenvalue weighted by Gasteiger charge is -2.33. The SMILES string of the molecule is CC(C)(C)[S@+]([O-])N1CCCC1c1ccc(O)cc1. The number of hydrogen-bond donors (Lipinski definition) is 1. The zero-order valence-electron chi connectivity index (χ0n) is 11.2. The standard InChI is InChI=1S/C14H21NO2S/c1-14(2,3)18(17)15-10-4-5-13(15)11-6-8-12(16)9-7-11/h6-9,13,16H,4-5,10H2,1-3H3/t13?,18-/m0/s1. The lowest BCUT2D eigenvalue weighted by Crippen LogP contribution is -2.42. The second-order valence-electron chi connectivity index (χ2n) is 5.75. The Morgan fingerprint density at radius 3 is 2.44 bits per heavy atom. The van der Waals surface area contributed by atoms with Gasteiger partial charge in [0.25, 0.3) is 0 Å². The summed E-state index contributed by atoms with van der Waals surface area (Å²) >= 11 is -0.978. The van der Waals surface area contributed by atoms with E-state index in [2.05, 4.69) is 4.31 Å². The average Bonchev–Trinajstić information content (AvgIpc) is 2.76. The molecule has 1 N–H and O–H groups in total. The van der Waals surface area contributed by atoms with Crippen LogP contribution in [0.3, 0.4) is 0 Å². The molecule has 100 valence electrons. The van der Waals surface area contributed by atoms with Gasteiger partial charge in [-0.05, 0) is 51.3 Å². The van der Waals surface area contributed by atoms with Gasteiger partial charge in [0.1, 0.15) is 10.5 Å². The Bertz CT molecular complexity index is 399. The highest BCUT2D eigenvalue weighted by molar-refractivity contribution is 7.90. The maximum atomic E-state index is 12.5. The van der Waals surface area contributed by atoms with Crippen molar-refractivity contribution >= 4 is 11.4 Å². The van der Waals surface area contributed by atoms with Crippen LogP contribution >= 0.6 is 0 Å². The zero-order chi connectivity index (χ0) is 13.3. The van der Waals surface area contributed by atoms with E-state index in [4.69, 9.17) is 0 Å². The second kappa shape index (κ2) is 5.11. The van der Waals surface area contributed by atoms with E-state index in [1.54, 1.807) is 12.1 Å². The largest absolute Gasteiger partial charge is 0.597 e. The molecule has 1 aromatic carbocycles. The number of hydrogen-bond acceptors (Lipinski definition) is 3. The molecule has 0 saturated carbocycles. The third-order valence-electron chi connectivity index (χ3n) is 3.22. The monoisotopic (exact) mass is 267 g/mol.